The number of hydrogen-bond acceptors (Lipinski definition) is 6. The number of methoxy groups -OCH3 is 1. The van der Waals surface area contributed by atoms with E-state index in [1.165, 1.54) is 5.56 Å². The van der Waals surface area contributed by atoms with Crippen LogP contribution in [0.1, 0.15) is 23.4 Å². The van der Waals surface area contributed by atoms with E-state index in [4.69, 9.17) is 19.3 Å². The fourth-order valence-electron chi connectivity index (χ4n) is 2.91. The Morgan fingerprint density at radius 2 is 1.89 bits per heavy atom. The lowest BCUT2D eigenvalue weighted by atomic mass is 10.2. The number of ether oxygens (including phenoxy) is 3. The summed E-state index contributed by atoms with van der Waals surface area (Å²) >= 11 is 1.57. The molecule has 28 heavy (non-hydrogen) atoms. The highest BCUT2D eigenvalue weighted by molar-refractivity contribution is 7.99. The summed E-state index contributed by atoms with van der Waals surface area (Å²) in [5.41, 5.74) is 2.23. The van der Waals surface area contributed by atoms with E-state index in [9.17, 15) is 4.79 Å². The van der Waals surface area contributed by atoms with E-state index < -0.39 is 12.0 Å². The Morgan fingerprint density at radius 1 is 1.14 bits per heavy atom. The van der Waals surface area contributed by atoms with Gasteiger partial charge in [0.25, 0.3) is 0 Å². The SMILES string of the molecule is CCc1ccc(OCCOc2cc(C3NC(C(=O)O)CS3)ccc2OC)cc1. The van der Waals surface area contributed by atoms with E-state index in [2.05, 4.69) is 24.4 Å². The minimum atomic E-state index is -0.830. The van der Waals surface area contributed by atoms with Crippen molar-refractivity contribution in [2.24, 2.45) is 0 Å². The molecule has 3 rings (SSSR count). The summed E-state index contributed by atoms with van der Waals surface area (Å²) < 4.78 is 17.0. The third kappa shape index (κ3) is 5.11. The van der Waals surface area contributed by atoms with Crippen LogP contribution in [0.25, 0.3) is 0 Å². The van der Waals surface area contributed by atoms with Gasteiger partial charge in [-0.15, -0.1) is 11.8 Å². The molecule has 0 amide bonds. The second-order valence-corrected chi connectivity index (χ2v) is 7.51. The Hall–Kier alpha value is -2.38. The first-order valence-electron chi connectivity index (χ1n) is 9.23. The number of benzene rings is 2. The molecule has 1 aliphatic rings. The second-order valence-electron chi connectivity index (χ2n) is 6.38. The van der Waals surface area contributed by atoms with Gasteiger partial charge in [0.05, 0.1) is 12.5 Å². The molecular formula is C21H25NO5S. The van der Waals surface area contributed by atoms with Gasteiger partial charge in [0.1, 0.15) is 25.0 Å². The van der Waals surface area contributed by atoms with Gasteiger partial charge in [0.2, 0.25) is 0 Å². The number of aryl methyl sites for hydroxylation is 1. The molecule has 150 valence electrons. The Morgan fingerprint density at radius 3 is 2.54 bits per heavy atom. The Bertz CT molecular complexity index is 796. The summed E-state index contributed by atoms with van der Waals surface area (Å²) in [6, 6.07) is 13.2. The van der Waals surface area contributed by atoms with E-state index >= 15 is 0 Å². The molecule has 6 nitrogen and oxygen atoms in total. The van der Waals surface area contributed by atoms with Crippen LogP contribution >= 0.6 is 11.8 Å². The summed E-state index contributed by atoms with van der Waals surface area (Å²) in [5, 5.41) is 12.2. The first kappa shape index (κ1) is 20.4. The highest BCUT2D eigenvalue weighted by Crippen LogP contribution is 2.37. The van der Waals surface area contributed by atoms with Gasteiger partial charge in [-0.1, -0.05) is 25.1 Å². The first-order valence-corrected chi connectivity index (χ1v) is 10.3. The monoisotopic (exact) mass is 403 g/mol. The maximum absolute atomic E-state index is 11.1. The predicted octanol–water partition coefficient (Wildman–Crippen LogP) is 3.50. The Balaban J connectivity index is 1.57. The van der Waals surface area contributed by atoms with Crippen LogP contribution in [0.5, 0.6) is 17.2 Å². The lowest BCUT2D eigenvalue weighted by Gasteiger charge is -2.16. The van der Waals surface area contributed by atoms with Crippen molar-refractivity contribution in [3.05, 3.63) is 53.6 Å². The molecule has 7 heteroatoms. The second kappa shape index (κ2) is 9.71. The maximum atomic E-state index is 11.1. The third-order valence-corrected chi connectivity index (χ3v) is 5.78. The molecule has 0 radical (unpaired) electrons. The summed E-state index contributed by atoms with van der Waals surface area (Å²) in [6.45, 7) is 2.90. The number of aliphatic carboxylic acids is 1. The molecule has 0 saturated carbocycles. The van der Waals surface area contributed by atoms with Gasteiger partial charge < -0.3 is 19.3 Å². The van der Waals surface area contributed by atoms with Crippen LogP contribution in [-0.4, -0.2) is 43.2 Å². The van der Waals surface area contributed by atoms with Gasteiger partial charge >= 0.3 is 5.97 Å². The number of rotatable bonds is 9. The van der Waals surface area contributed by atoms with Crippen LogP contribution in [0.2, 0.25) is 0 Å². The molecule has 2 N–H and O–H groups in total. The van der Waals surface area contributed by atoms with Gasteiger partial charge in [-0.05, 0) is 41.8 Å². The van der Waals surface area contributed by atoms with Crippen LogP contribution in [0.15, 0.2) is 42.5 Å². The standard InChI is InChI=1S/C21H25NO5S/c1-3-14-4-7-16(8-5-14)26-10-11-27-19-12-15(6-9-18(19)25-2)20-22-17(13-28-20)21(23)24/h4-9,12,17,20,22H,3,10-11,13H2,1-2H3,(H,23,24). The van der Waals surface area contributed by atoms with E-state index in [-0.39, 0.29) is 5.37 Å². The topological polar surface area (TPSA) is 77.0 Å². The smallest absolute Gasteiger partial charge is 0.321 e. The molecule has 0 aromatic heterocycles. The molecule has 2 aromatic rings. The van der Waals surface area contributed by atoms with Crippen molar-refractivity contribution in [2.75, 3.05) is 26.1 Å². The molecule has 0 aliphatic carbocycles. The summed E-state index contributed by atoms with van der Waals surface area (Å²) in [6.07, 6.45) is 1.00. The van der Waals surface area contributed by atoms with Gasteiger partial charge in [-0.2, -0.15) is 0 Å². The Labute approximate surface area is 169 Å². The molecule has 1 saturated heterocycles. The number of nitrogens with one attached hydrogen (secondary N) is 1. The molecule has 0 bridgehead atoms. The van der Waals surface area contributed by atoms with Crippen molar-refractivity contribution in [3.8, 4) is 17.2 Å². The molecule has 2 unspecified atom stereocenters. The zero-order valence-electron chi connectivity index (χ0n) is 16.0. The molecule has 1 heterocycles. The van der Waals surface area contributed by atoms with Crippen molar-refractivity contribution < 1.29 is 24.1 Å². The summed E-state index contributed by atoms with van der Waals surface area (Å²) in [5.74, 6) is 1.77. The summed E-state index contributed by atoms with van der Waals surface area (Å²) in [7, 11) is 1.59. The number of carbonyl (C=O) groups is 1. The van der Waals surface area contributed by atoms with Gasteiger partial charge in [0.15, 0.2) is 11.5 Å². The molecule has 1 fully saturated rings. The number of thioether (sulfide) groups is 1. The highest BCUT2D eigenvalue weighted by atomic mass is 32.2. The average molecular weight is 404 g/mol. The van der Waals surface area contributed by atoms with Crippen LogP contribution in [0.3, 0.4) is 0 Å². The Kier molecular flexibility index (Phi) is 7.06. The quantitative estimate of drug-likeness (QED) is 0.621. The van der Waals surface area contributed by atoms with Crippen molar-refractivity contribution in [2.45, 2.75) is 24.8 Å². The van der Waals surface area contributed by atoms with E-state index in [0.717, 1.165) is 17.7 Å². The minimum absolute atomic E-state index is 0.0808. The van der Waals surface area contributed by atoms with Crippen LogP contribution in [0.4, 0.5) is 0 Å². The zero-order valence-corrected chi connectivity index (χ0v) is 16.8. The van der Waals surface area contributed by atoms with Gasteiger partial charge in [-0.3, -0.25) is 10.1 Å². The average Bonchev–Trinajstić information content (AvgIpc) is 3.22. The van der Waals surface area contributed by atoms with Crippen LogP contribution in [-0.2, 0) is 11.2 Å². The van der Waals surface area contributed by atoms with E-state index in [1.807, 2.05) is 30.3 Å². The molecule has 2 atom stereocenters. The van der Waals surface area contributed by atoms with Crippen molar-refractivity contribution in [1.82, 2.24) is 5.32 Å². The number of carboxylic acid groups (broad SMARTS) is 1. The lowest BCUT2D eigenvalue weighted by Crippen LogP contribution is -2.33. The molecule has 1 aliphatic heterocycles. The van der Waals surface area contributed by atoms with Crippen molar-refractivity contribution in [1.29, 1.82) is 0 Å². The van der Waals surface area contributed by atoms with Crippen LogP contribution in [0, 0.1) is 0 Å². The van der Waals surface area contributed by atoms with Crippen molar-refractivity contribution in [3.63, 3.8) is 0 Å². The largest absolute Gasteiger partial charge is 0.493 e. The van der Waals surface area contributed by atoms with E-state index in [0.29, 0.717) is 30.5 Å². The molecular weight excluding hydrogens is 378 g/mol. The number of carboxylic acids is 1. The van der Waals surface area contributed by atoms with Crippen LogP contribution < -0.4 is 19.5 Å². The third-order valence-electron chi connectivity index (χ3n) is 4.51. The first-order chi connectivity index (χ1) is 13.6. The maximum Gasteiger partial charge on any atom is 0.321 e. The van der Waals surface area contributed by atoms with E-state index in [1.54, 1.807) is 18.9 Å². The normalized spacial score (nSPS) is 18.6. The lowest BCUT2D eigenvalue weighted by molar-refractivity contribution is -0.138. The molecule has 0 spiro atoms. The van der Waals surface area contributed by atoms with Crippen molar-refractivity contribution >= 4 is 17.7 Å². The fraction of sp³-hybridized carbons (Fsp3) is 0.381. The van der Waals surface area contributed by atoms with Gasteiger partial charge in [-0.25, -0.2) is 0 Å². The highest BCUT2D eigenvalue weighted by Gasteiger charge is 2.30. The summed E-state index contributed by atoms with van der Waals surface area (Å²) in [4.78, 5) is 11.1. The molecule has 2 aromatic carbocycles. The van der Waals surface area contributed by atoms with Gasteiger partial charge in [0, 0.05) is 5.75 Å². The zero-order chi connectivity index (χ0) is 19.9. The fourth-order valence-corrected chi connectivity index (χ4v) is 4.13. The predicted molar refractivity (Wildman–Crippen MR) is 110 cm³/mol. The number of hydrogen-bond donors (Lipinski definition) is 2. The minimum Gasteiger partial charge on any atom is -0.493 e.